The highest BCUT2D eigenvalue weighted by Crippen LogP contribution is 2.29. The average Bonchev–Trinajstić information content (AvgIpc) is 2.45. The van der Waals surface area contributed by atoms with Crippen LogP contribution in [-0.4, -0.2) is 16.5 Å². The molecule has 0 bridgehead atoms. The number of aromatic nitrogens is 2. The van der Waals surface area contributed by atoms with Gasteiger partial charge in [-0.3, -0.25) is 0 Å². The lowest BCUT2D eigenvalue weighted by molar-refractivity contribution is 0.831. The molecule has 1 aromatic heterocycles. The zero-order valence-electron chi connectivity index (χ0n) is 11.4. The third-order valence-corrected chi connectivity index (χ3v) is 3.16. The minimum Gasteiger partial charge on any atom is -0.393 e. The van der Waals surface area contributed by atoms with Crippen LogP contribution in [0.2, 0.25) is 5.02 Å². The molecule has 0 spiro atoms. The third-order valence-electron chi connectivity index (χ3n) is 2.83. The maximum Gasteiger partial charge on any atom is 0.159 e. The summed E-state index contributed by atoms with van der Waals surface area (Å²) in [7, 11) is 0. The van der Waals surface area contributed by atoms with E-state index < -0.39 is 0 Å². The highest BCUT2D eigenvalue weighted by Gasteiger charge is 2.09. The summed E-state index contributed by atoms with van der Waals surface area (Å²) < 4.78 is 0. The Balaban J connectivity index is 2.16. The molecule has 0 radical (unpaired) electrons. The Hall–Kier alpha value is -2.01. The van der Waals surface area contributed by atoms with Gasteiger partial charge in [-0.05, 0) is 18.6 Å². The number of rotatable bonds is 6. The van der Waals surface area contributed by atoms with Crippen molar-refractivity contribution in [3.63, 3.8) is 0 Å². The van der Waals surface area contributed by atoms with E-state index >= 15 is 0 Å². The van der Waals surface area contributed by atoms with Gasteiger partial charge in [0.2, 0.25) is 0 Å². The van der Waals surface area contributed by atoms with Gasteiger partial charge in [0.25, 0.3) is 0 Å². The number of nitrogens with one attached hydrogen (secondary N) is 2. The van der Waals surface area contributed by atoms with Gasteiger partial charge in [0, 0.05) is 6.54 Å². The molecule has 6 heteroatoms. The van der Waals surface area contributed by atoms with Crippen molar-refractivity contribution < 1.29 is 0 Å². The number of halogens is 1. The fraction of sp³-hybridized carbons (Fsp3) is 0.286. The van der Waals surface area contributed by atoms with E-state index in [2.05, 4.69) is 27.5 Å². The second-order valence-electron chi connectivity index (χ2n) is 4.37. The zero-order chi connectivity index (χ0) is 14.4. The number of nitrogens with two attached hydrogens (primary N) is 1. The average molecular weight is 292 g/mol. The Kier molecular flexibility index (Phi) is 5.01. The molecule has 0 fully saturated rings. The summed E-state index contributed by atoms with van der Waals surface area (Å²) in [6.45, 7) is 2.97. The molecule has 2 rings (SSSR count). The normalized spacial score (nSPS) is 10.3. The summed E-state index contributed by atoms with van der Waals surface area (Å²) in [6.07, 6.45) is 3.66. The van der Waals surface area contributed by atoms with E-state index in [1.54, 1.807) is 0 Å². The van der Waals surface area contributed by atoms with Gasteiger partial charge in [-0.25, -0.2) is 9.97 Å². The van der Waals surface area contributed by atoms with E-state index in [4.69, 9.17) is 17.3 Å². The van der Waals surface area contributed by atoms with Gasteiger partial charge in [0.1, 0.15) is 12.0 Å². The van der Waals surface area contributed by atoms with Gasteiger partial charge in [0.15, 0.2) is 11.6 Å². The zero-order valence-corrected chi connectivity index (χ0v) is 12.1. The first-order chi connectivity index (χ1) is 9.72. The Labute approximate surface area is 123 Å². The molecule has 0 aliphatic carbocycles. The lowest BCUT2D eigenvalue weighted by Crippen LogP contribution is -2.09. The van der Waals surface area contributed by atoms with Crippen LogP contribution in [-0.2, 0) is 0 Å². The smallest absolute Gasteiger partial charge is 0.159 e. The fourth-order valence-electron chi connectivity index (χ4n) is 1.71. The highest BCUT2D eigenvalue weighted by atomic mass is 35.5. The van der Waals surface area contributed by atoms with E-state index in [-0.39, 0.29) is 0 Å². The van der Waals surface area contributed by atoms with Gasteiger partial charge in [-0.15, -0.1) is 0 Å². The molecule has 2 aromatic rings. The first-order valence-corrected chi connectivity index (χ1v) is 6.96. The van der Waals surface area contributed by atoms with Crippen LogP contribution in [0, 0.1) is 0 Å². The summed E-state index contributed by atoms with van der Waals surface area (Å²) in [5, 5.41) is 6.95. The van der Waals surface area contributed by atoms with Crippen molar-refractivity contribution >= 4 is 34.6 Å². The Morgan fingerprint density at radius 3 is 2.70 bits per heavy atom. The van der Waals surface area contributed by atoms with Crippen LogP contribution >= 0.6 is 11.6 Å². The van der Waals surface area contributed by atoms with E-state index in [1.807, 2.05) is 24.3 Å². The van der Waals surface area contributed by atoms with E-state index in [0.717, 1.165) is 25.1 Å². The first kappa shape index (κ1) is 14.4. The number of nitrogen functional groups attached to an aromatic ring is 1. The summed E-state index contributed by atoms with van der Waals surface area (Å²) >= 11 is 6.11. The predicted molar refractivity (Wildman–Crippen MR) is 84.6 cm³/mol. The summed E-state index contributed by atoms with van der Waals surface area (Å²) in [5.41, 5.74) is 7.32. The molecule has 0 amide bonds. The molecule has 0 atom stereocenters. The van der Waals surface area contributed by atoms with Gasteiger partial charge < -0.3 is 16.4 Å². The molecular formula is C14H18ClN5. The van der Waals surface area contributed by atoms with Gasteiger partial charge >= 0.3 is 0 Å². The SMILES string of the molecule is CCCCNc1ncnc(Nc2ccccc2Cl)c1N. The van der Waals surface area contributed by atoms with Crippen LogP contribution in [0.25, 0.3) is 0 Å². The van der Waals surface area contributed by atoms with E-state index in [9.17, 15) is 0 Å². The Bertz CT molecular complexity index is 573. The second-order valence-corrected chi connectivity index (χ2v) is 4.78. The van der Waals surface area contributed by atoms with Crippen LogP contribution in [0.5, 0.6) is 0 Å². The largest absolute Gasteiger partial charge is 0.393 e. The molecule has 5 nitrogen and oxygen atoms in total. The van der Waals surface area contributed by atoms with Crippen molar-refractivity contribution in [3.05, 3.63) is 35.6 Å². The van der Waals surface area contributed by atoms with Gasteiger partial charge in [-0.2, -0.15) is 0 Å². The second kappa shape index (κ2) is 6.96. The fourth-order valence-corrected chi connectivity index (χ4v) is 1.89. The van der Waals surface area contributed by atoms with Gasteiger partial charge in [-0.1, -0.05) is 37.1 Å². The molecule has 0 saturated heterocycles. The maximum absolute atomic E-state index is 6.11. The lowest BCUT2D eigenvalue weighted by Gasteiger charge is -2.13. The van der Waals surface area contributed by atoms with Crippen LogP contribution in [0.15, 0.2) is 30.6 Å². The number of unbranched alkanes of at least 4 members (excludes halogenated alkanes) is 1. The summed E-state index contributed by atoms with van der Waals surface area (Å²) in [4.78, 5) is 8.31. The first-order valence-electron chi connectivity index (χ1n) is 6.58. The Morgan fingerprint density at radius 1 is 1.20 bits per heavy atom. The van der Waals surface area contributed by atoms with Crippen LogP contribution < -0.4 is 16.4 Å². The molecule has 1 heterocycles. The molecule has 0 unspecified atom stereocenters. The van der Waals surface area contributed by atoms with Crippen molar-refractivity contribution in [1.29, 1.82) is 0 Å². The van der Waals surface area contributed by atoms with Crippen molar-refractivity contribution in [2.75, 3.05) is 22.9 Å². The number of para-hydroxylation sites is 1. The van der Waals surface area contributed by atoms with Crippen molar-refractivity contribution in [3.8, 4) is 0 Å². The van der Waals surface area contributed by atoms with E-state index in [1.165, 1.54) is 6.33 Å². The van der Waals surface area contributed by atoms with Crippen LogP contribution in [0.1, 0.15) is 19.8 Å². The standard InChI is InChI=1S/C14H18ClN5/c1-2-3-8-17-13-12(16)14(19-9-18-13)20-11-7-5-4-6-10(11)15/h4-7,9H,2-3,8,16H2,1H3,(H2,17,18,19,20). The third kappa shape index (κ3) is 3.51. The molecule has 106 valence electrons. The monoisotopic (exact) mass is 291 g/mol. The lowest BCUT2D eigenvalue weighted by atomic mass is 10.3. The molecule has 4 N–H and O–H groups in total. The highest BCUT2D eigenvalue weighted by molar-refractivity contribution is 6.33. The topological polar surface area (TPSA) is 75.9 Å². The molecular weight excluding hydrogens is 274 g/mol. The van der Waals surface area contributed by atoms with Crippen LogP contribution in [0.3, 0.4) is 0 Å². The molecule has 0 aliphatic heterocycles. The quantitative estimate of drug-likeness (QED) is 0.708. The van der Waals surface area contributed by atoms with Gasteiger partial charge in [0.05, 0.1) is 10.7 Å². The maximum atomic E-state index is 6.11. The summed E-state index contributed by atoms with van der Waals surface area (Å²) in [6, 6.07) is 7.44. The van der Waals surface area contributed by atoms with Crippen LogP contribution in [0.4, 0.5) is 23.0 Å². The minimum atomic E-state index is 0.489. The van der Waals surface area contributed by atoms with Crippen molar-refractivity contribution in [2.24, 2.45) is 0 Å². The number of benzene rings is 1. The number of anilines is 4. The van der Waals surface area contributed by atoms with Crippen molar-refractivity contribution in [1.82, 2.24) is 9.97 Å². The molecule has 0 saturated carbocycles. The Morgan fingerprint density at radius 2 is 1.95 bits per heavy atom. The summed E-state index contributed by atoms with van der Waals surface area (Å²) in [5.74, 6) is 1.19. The molecule has 20 heavy (non-hydrogen) atoms. The van der Waals surface area contributed by atoms with E-state index in [0.29, 0.717) is 22.3 Å². The number of hydrogen-bond donors (Lipinski definition) is 3. The molecule has 1 aromatic carbocycles. The number of hydrogen-bond acceptors (Lipinski definition) is 5. The predicted octanol–water partition coefficient (Wildman–Crippen LogP) is 3.67. The van der Waals surface area contributed by atoms with Crippen molar-refractivity contribution in [2.45, 2.75) is 19.8 Å². The minimum absolute atomic E-state index is 0.489. The molecule has 0 aliphatic rings. The number of nitrogens with zero attached hydrogens (tertiary/aromatic N) is 2.